The van der Waals surface area contributed by atoms with Crippen LogP contribution in [0.2, 0.25) is 0 Å². The second-order valence-corrected chi connectivity index (χ2v) is 7.65. The summed E-state index contributed by atoms with van der Waals surface area (Å²) < 4.78 is 89.5. The van der Waals surface area contributed by atoms with Crippen molar-refractivity contribution in [2.75, 3.05) is 17.7 Å². The van der Waals surface area contributed by atoms with E-state index in [2.05, 4.69) is 30.4 Å². The van der Waals surface area contributed by atoms with Crippen LogP contribution < -0.4 is 25.4 Å². The third kappa shape index (κ3) is 5.22. The zero-order valence-corrected chi connectivity index (χ0v) is 18.7. The summed E-state index contributed by atoms with van der Waals surface area (Å²) in [5.74, 6) is -5.51. The molecule has 0 unspecified atom stereocenters. The molecule has 0 atom stereocenters. The van der Waals surface area contributed by atoms with Gasteiger partial charge in [-0.25, -0.2) is 8.78 Å². The molecule has 1 aliphatic heterocycles. The predicted molar refractivity (Wildman–Crippen MR) is 117 cm³/mol. The molecule has 0 spiro atoms. The Morgan fingerprint density at radius 3 is 2.27 bits per heavy atom. The second-order valence-electron chi connectivity index (χ2n) is 7.65. The Balaban J connectivity index is 1.56. The summed E-state index contributed by atoms with van der Waals surface area (Å²) >= 11 is 0. The maximum Gasteiger partial charge on any atom is 0.507 e. The summed E-state index contributed by atoms with van der Waals surface area (Å²) in [5.41, 5.74) is -0.0701. The first-order valence-electron chi connectivity index (χ1n) is 10.4. The highest BCUT2D eigenvalue weighted by molar-refractivity contribution is 6.08. The van der Waals surface area contributed by atoms with Crippen LogP contribution >= 0.6 is 0 Å². The SMILES string of the molecule is CNC(=O)c1cc(CNc2cc(F)c(F)cc2C(=O)Nc2ccc3c(c2)OC(F)(F)C(F)(F)O3)ccn1. The van der Waals surface area contributed by atoms with Crippen molar-refractivity contribution in [2.24, 2.45) is 0 Å². The molecule has 2 aromatic carbocycles. The number of anilines is 2. The van der Waals surface area contributed by atoms with Crippen LogP contribution in [-0.2, 0) is 6.54 Å². The highest BCUT2D eigenvalue weighted by Gasteiger charge is 2.65. The van der Waals surface area contributed by atoms with Gasteiger partial charge in [-0.3, -0.25) is 14.6 Å². The molecule has 0 saturated carbocycles. The number of rotatable bonds is 6. The van der Waals surface area contributed by atoms with E-state index in [-0.39, 0.29) is 29.2 Å². The molecule has 3 N–H and O–H groups in total. The van der Waals surface area contributed by atoms with E-state index < -0.39 is 47.2 Å². The zero-order valence-electron chi connectivity index (χ0n) is 18.7. The largest absolute Gasteiger partial charge is 0.507 e. The van der Waals surface area contributed by atoms with Gasteiger partial charge in [-0.15, -0.1) is 0 Å². The minimum Gasteiger partial charge on any atom is -0.421 e. The molecule has 2 amide bonds. The van der Waals surface area contributed by atoms with E-state index in [9.17, 15) is 35.9 Å². The van der Waals surface area contributed by atoms with Gasteiger partial charge in [-0.1, -0.05) is 0 Å². The standard InChI is InChI=1S/C23H16F6N4O4/c1-30-21(35)17-6-11(4-5-31-17)10-32-16-9-15(25)14(24)8-13(16)20(34)33-12-2-3-18-19(7-12)37-23(28,29)22(26,27)36-18/h2-9,32H,10H2,1H3,(H,30,35)(H,33,34). The zero-order chi connectivity index (χ0) is 27.0. The number of carbonyl (C=O) groups excluding carboxylic acids is 2. The number of halogens is 6. The Hall–Kier alpha value is -4.49. The Bertz CT molecular complexity index is 1390. The number of ether oxygens (including phenoxy) is 2. The molecule has 1 aromatic heterocycles. The molecule has 0 bridgehead atoms. The first-order valence-corrected chi connectivity index (χ1v) is 10.4. The monoisotopic (exact) mass is 526 g/mol. The van der Waals surface area contributed by atoms with Crippen LogP contribution in [0, 0.1) is 11.6 Å². The number of amides is 2. The molecule has 14 heteroatoms. The van der Waals surface area contributed by atoms with Gasteiger partial charge in [0.25, 0.3) is 11.8 Å². The smallest absolute Gasteiger partial charge is 0.421 e. The number of aromatic nitrogens is 1. The molecule has 8 nitrogen and oxygen atoms in total. The van der Waals surface area contributed by atoms with Crippen LogP contribution in [-0.4, -0.2) is 36.1 Å². The van der Waals surface area contributed by atoms with E-state index >= 15 is 0 Å². The Morgan fingerprint density at radius 2 is 1.57 bits per heavy atom. The van der Waals surface area contributed by atoms with Crippen molar-refractivity contribution in [2.45, 2.75) is 18.8 Å². The lowest BCUT2D eigenvalue weighted by atomic mass is 10.1. The van der Waals surface area contributed by atoms with Crippen molar-refractivity contribution >= 4 is 23.2 Å². The van der Waals surface area contributed by atoms with Crippen molar-refractivity contribution in [3.05, 3.63) is 77.1 Å². The summed E-state index contributed by atoms with van der Waals surface area (Å²) in [5, 5.41) is 7.45. The van der Waals surface area contributed by atoms with Crippen LogP contribution in [0.25, 0.3) is 0 Å². The van der Waals surface area contributed by atoms with Gasteiger partial charge in [0.05, 0.1) is 11.3 Å². The van der Waals surface area contributed by atoms with E-state index in [1.807, 2.05) is 0 Å². The van der Waals surface area contributed by atoms with E-state index in [0.29, 0.717) is 11.6 Å². The second kappa shape index (κ2) is 9.52. The minimum absolute atomic E-state index is 0.0226. The fourth-order valence-electron chi connectivity index (χ4n) is 3.26. The molecule has 2 heterocycles. The molecule has 0 saturated heterocycles. The first-order chi connectivity index (χ1) is 17.4. The number of benzene rings is 2. The summed E-state index contributed by atoms with van der Waals surface area (Å²) in [6.45, 7) is -0.0226. The molecule has 37 heavy (non-hydrogen) atoms. The first kappa shape index (κ1) is 25.6. The molecule has 4 rings (SSSR count). The number of nitrogens with one attached hydrogen (secondary N) is 3. The summed E-state index contributed by atoms with van der Waals surface area (Å²) in [7, 11) is 1.42. The van der Waals surface area contributed by atoms with Gasteiger partial charge in [-0.2, -0.15) is 17.6 Å². The lowest BCUT2D eigenvalue weighted by Crippen LogP contribution is -2.52. The number of nitrogens with zero attached hydrogens (tertiary/aromatic N) is 1. The van der Waals surface area contributed by atoms with E-state index in [0.717, 1.165) is 24.3 Å². The quantitative estimate of drug-likeness (QED) is 0.408. The minimum atomic E-state index is -4.97. The topological polar surface area (TPSA) is 102 Å². The number of alkyl halides is 4. The van der Waals surface area contributed by atoms with Crippen molar-refractivity contribution in [1.82, 2.24) is 10.3 Å². The molecular formula is C23H16F6N4O4. The van der Waals surface area contributed by atoms with E-state index in [1.165, 1.54) is 19.3 Å². The molecule has 1 aliphatic rings. The maximum atomic E-state index is 14.0. The van der Waals surface area contributed by atoms with Gasteiger partial charge < -0.3 is 25.4 Å². The number of hydrogen-bond donors (Lipinski definition) is 3. The van der Waals surface area contributed by atoms with Gasteiger partial charge in [0.15, 0.2) is 23.1 Å². The van der Waals surface area contributed by atoms with Crippen molar-refractivity contribution < 1.29 is 45.4 Å². The predicted octanol–water partition coefficient (Wildman–Crippen LogP) is 4.54. The van der Waals surface area contributed by atoms with Gasteiger partial charge in [0.2, 0.25) is 0 Å². The van der Waals surface area contributed by atoms with Crippen LogP contribution in [0.4, 0.5) is 37.7 Å². The van der Waals surface area contributed by atoms with Crippen LogP contribution in [0.1, 0.15) is 26.4 Å². The fraction of sp³-hybridized carbons (Fsp3) is 0.174. The molecule has 194 valence electrons. The van der Waals surface area contributed by atoms with Gasteiger partial charge in [0.1, 0.15) is 5.69 Å². The van der Waals surface area contributed by atoms with Gasteiger partial charge >= 0.3 is 12.2 Å². The van der Waals surface area contributed by atoms with Gasteiger partial charge in [0, 0.05) is 37.6 Å². The number of hydrogen-bond acceptors (Lipinski definition) is 6. The highest BCUT2D eigenvalue weighted by atomic mass is 19.3. The highest BCUT2D eigenvalue weighted by Crippen LogP contribution is 2.47. The average Bonchev–Trinajstić information content (AvgIpc) is 2.84. The molecule has 3 aromatic rings. The van der Waals surface area contributed by atoms with E-state index in [4.69, 9.17) is 0 Å². The average molecular weight is 526 g/mol. The number of pyridine rings is 1. The lowest BCUT2D eigenvalue weighted by Gasteiger charge is -2.31. The molecule has 0 aliphatic carbocycles. The third-order valence-corrected chi connectivity index (χ3v) is 5.09. The van der Waals surface area contributed by atoms with Crippen molar-refractivity contribution in [1.29, 1.82) is 0 Å². The summed E-state index contributed by atoms with van der Waals surface area (Å²) in [6.07, 6.45) is -8.51. The Labute approximate surface area is 204 Å². The third-order valence-electron chi connectivity index (χ3n) is 5.09. The fourth-order valence-corrected chi connectivity index (χ4v) is 3.26. The van der Waals surface area contributed by atoms with Crippen LogP contribution in [0.3, 0.4) is 0 Å². The molecule has 0 fully saturated rings. The molecular weight excluding hydrogens is 510 g/mol. The van der Waals surface area contributed by atoms with Crippen molar-refractivity contribution in [3.8, 4) is 11.5 Å². The summed E-state index contributed by atoms with van der Waals surface area (Å²) in [4.78, 5) is 28.5. The number of carbonyl (C=O) groups is 2. The molecule has 0 radical (unpaired) electrons. The van der Waals surface area contributed by atoms with Crippen LogP contribution in [0.5, 0.6) is 11.5 Å². The Kier molecular flexibility index (Phi) is 6.59. The summed E-state index contributed by atoms with van der Waals surface area (Å²) in [6, 6.07) is 7.07. The van der Waals surface area contributed by atoms with E-state index in [1.54, 1.807) is 6.07 Å². The van der Waals surface area contributed by atoms with Gasteiger partial charge in [-0.05, 0) is 35.9 Å². The lowest BCUT2D eigenvalue weighted by molar-refractivity contribution is -0.391. The maximum absolute atomic E-state index is 14.0. The Morgan fingerprint density at radius 1 is 0.892 bits per heavy atom. The normalized spacial score (nSPS) is 15.0. The van der Waals surface area contributed by atoms with Crippen molar-refractivity contribution in [3.63, 3.8) is 0 Å². The van der Waals surface area contributed by atoms with Crippen LogP contribution in [0.15, 0.2) is 48.7 Å². The number of fused-ring (bicyclic) bond motifs is 1.